The Morgan fingerprint density at radius 2 is 1.97 bits per heavy atom. The average molecular weight is 525 g/mol. The standard InChI is InChI=1S/C31H48N2O3Si/c1-10-27-20(3)29(36-37(8,9)30(4,5)6)31(11-2,35-27)34-19-21-15-24-23-13-12-14-25-28(23)22(17-32-25)16-26(24)33(7)18-21/h12-15,17,20,24,26-27,29,32H,10-11,16,18-19H2,1-9H3. The van der Waals surface area contributed by atoms with E-state index in [1.165, 1.54) is 27.6 Å². The molecule has 6 heteroatoms. The SMILES string of the molecule is CCC1OC(CC)(OCC2=CC3c4cccc5[nH]cc(c45)CC3N(C)C2)C(O[Si](C)(C)C(C)(C)C)C1C. The summed E-state index contributed by atoms with van der Waals surface area (Å²) in [6, 6.07) is 7.18. The van der Waals surface area contributed by atoms with Crippen LogP contribution in [0.3, 0.4) is 0 Å². The molecule has 5 rings (SSSR count). The van der Waals surface area contributed by atoms with E-state index in [2.05, 4.69) is 102 Å². The predicted molar refractivity (Wildman–Crippen MR) is 155 cm³/mol. The lowest BCUT2D eigenvalue weighted by atomic mass is 9.77. The third kappa shape index (κ3) is 4.57. The fourth-order valence-electron chi connectivity index (χ4n) is 6.64. The monoisotopic (exact) mass is 524 g/mol. The van der Waals surface area contributed by atoms with Gasteiger partial charge in [-0.15, -0.1) is 0 Å². The first-order valence-corrected chi connectivity index (χ1v) is 17.3. The second kappa shape index (κ2) is 9.63. The lowest BCUT2D eigenvalue weighted by Gasteiger charge is -2.44. The summed E-state index contributed by atoms with van der Waals surface area (Å²) in [4.78, 5) is 6.01. The van der Waals surface area contributed by atoms with Crippen LogP contribution in [0.4, 0.5) is 0 Å². The zero-order valence-corrected chi connectivity index (χ0v) is 25.5. The zero-order valence-electron chi connectivity index (χ0n) is 24.5. The number of aromatic amines is 1. The van der Waals surface area contributed by atoms with Gasteiger partial charge in [-0.25, -0.2) is 0 Å². The van der Waals surface area contributed by atoms with Gasteiger partial charge in [-0.3, -0.25) is 4.90 Å². The second-order valence-electron chi connectivity index (χ2n) is 13.3. The smallest absolute Gasteiger partial charge is 0.194 e. The van der Waals surface area contributed by atoms with Gasteiger partial charge in [0.15, 0.2) is 14.1 Å². The molecule has 1 N–H and O–H groups in total. The minimum absolute atomic E-state index is 0.0520. The van der Waals surface area contributed by atoms with Gasteiger partial charge < -0.3 is 18.9 Å². The van der Waals surface area contributed by atoms with Gasteiger partial charge in [-0.2, -0.15) is 0 Å². The summed E-state index contributed by atoms with van der Waals surface area (Å²) in [5, 5.41) is 1.56. The predicted octanol–water partition coefficient (Wildman–Crippen LogP) is 7.01. The van der Waals surface area contributed by atoms with Gasteiger partial charge in [-0.1, -0.05) is 59.8 Å². The molecular formula is C31H48N2O3Si. The summed E-state index contributed by atoms with van der Waals surface area (Å²) in [5.41, 5.74) is 5.48. The molecule has 3 aliphatic rings. The first kappa shape index (κ1) is 27.1. The fraction of sp³-hybridized carbons (Fsp3) is 0.677. The number of likely N-dealkylation sites (N-methyl/N-ethyl adjacent to an activating group) is 1. The number of ether oxygens (including phenoxy) is 2. The van der Waals surface area contributed by atoms with Crippen LogP contribution in [0.5, 0.6) is 0 Å². The number of H-pyrrole nitrogens is 1. The fourth-order valence-corrected chi connectivity index (χ4v) is 8.03. The highest BCUT2D eigenvalue weighted by atomic mass is 28.4. The van der Waals surface area contributed by atoms with Crippen molar-refractivity contribution in [2.45, 2.75) is 109 Å². The Kier molecular flexibility index (Phi) is 7.07. The average Bonchev–Trinajstić information content (AvgIpc) is 3.38. The Morgan fingerprint density at radius 3 is 2.65 bits per heavy atom. The van der Waals surface area contributed by atoms with E-state index in [1.54, 1.807) is 0 Å². The number of aromatic nitrogens is 1. The minimum Gasteiger partial charge on any atom is -0.408 e. The van der Waals surface area contributed by atoms with Crippen LogP contribution in [-0.2, 0) is 20.3 Å². The normalized spacial score (nSPS) is 32.6. The van der Waals surface area contributed by atoms with Gasteiger partial charge >= 0.3 is 0 Å². The summed E-state index contributed by atoms with van der Waals surface area (Å²) in [7, 11) is 0.265. The third-order valence-electron chi connectivity index (χ3n) is 9.93. The lowest BCUT2D eigenvalue weighted by Crippen LogP contribution is -2.53. The minimum atomic E-state index is -2.00. The molecule has 1 aromatic heterocycles. The Bertz CT molecular complexity index is 1160. The molecule has 0 bridgehead atoms. The first-order chi connectivity index (χ1) is 17.4. The van der Waals surface area contributed by atoms with Crippen molar-refractivity contribution in [1.29, 1.82) is 0 Å². The molecule has 6 atom stereocenters. The second-order valence-corrected chi connectivity index (χ2v) is 18.1. The maximum atomic E-state index is 7.09. The molecule has 2 aliphatic heterocycles. The molecule has 37 heavy (non-hydrogen) atoms. The van der Waals surface area contributed by atoms with Crippen LogP contribution in [-0.4, -0.2) is 62.4 Å². The highest BCUT2D eigenvalue weighted by Gasteiger charge is 2.56. The largest absolute Gasteiger partial charge is 0.408 e. The van der Waals surface area contributed by atoms with E-state index < -0.39 is 14.1 Å². The van der Waals surface area contributed by atoms with E-state index in [4.69, 9.17) is 13.9 Å². The molecule has 3 heterocycles. The van der Waals surface area contributed by atoms with Crippen LogP contribution in [0.25, 0.3) is 10.9 Å². The maximum Gasteiger partial charge on any atom is 0.194 e. The van der Waals surface area contributed by atoms with Crippen LogP contribution in [0.1, 0.15) is 71.4 Å². The number of fused-ring (bicyclic) bond motifs is 2. The summed E-state index contributed by atoms with van der Waals surface area (Å²) in [6.07, 6.45) is 7.66. The van der Waals surface area contributed by atoms with Gasteiger partial charge in [-0.05, 0) is 60.8 Å². The molecule has 0 saturated carbocycles. The van der Waals surface area contributed by atoms with Gasteiger partial charge in [0.25, 0.3) is 0 Å². The number of rotatable bonds is 7. The molecule has 1 fully saturated rings. The number of hydrogen-bond donors (Lipinski definition) is 1. The molecule has 0 amide bonds. The van der Waals surface area contributed by atoms with Crippen molar-refractivity contribution in [3.8, 4) is 0 Å². The van der Waals surface area contributed by atoms with E-state index >= 15 is 0 Å². The highest BCUT2D eigenvalue weighted by molar-refractivity contribution is 6.74. The number of nitrogens with one attached hydrogen (secondary N) is 1. The molecule has 204 valence electrons. The summed E-state index contributed by atoms with van der Waals surface area (Å²) < 4.78 is 20.7. The Labute approximate surface area is 225 Å². The maximum absolute atomic E-state index is 7.09. The van der Waals surface area contributed by atoms with Gasteiger partial charge in [0.2, 0.25) is 0 Å². The summed E-state index contributed by atoms with van der Waals surface area (Å²) in [5.74, 6) is -0.0193. The van der Waals surface area contributed by atoms with E-state index in [-0.39, 0.29) is 17.2 Å². The molecule has 0 spiro atoms. The quantitative estimate of drug-likeness (QED) is 0.313. The summed E-state index contributed by atoms with van der Waals surface area (Å²) >= 11 is 0. The van der Waals surface area contributed by atoms with Crippen molar-refractivity contribution in [3.63, 3.8) is 0 Å². The molecule has 1 aromatic carbocycles. The van der Waals surface area contributed by atoms with E-state index in [1.807, 2.05) is 0 Å². The number of nitrogens with zero attached hydrogens (tertiary/aromatic N) is 1. The topological polar surface area (TPSA) is 46.7 Å². The van der Waals surface area contributed by atoms with E-state index in [0.29, 0.717) is 24.5 Å². The van der Waals surface area contributed by atoms with E-state index in [9.17, 15) is 0 Å². The molecule has 2 aromatic rings. The summed E-state index contributed by atoms with van der Waals surface area (Å²) in [6.45, 7) is 19.8. The Morgan fingerprint density at radius 1 is 1.22 bits per heavy atom. The van der Waals surface area contributed by atoms with Crippen molar-refractivity contribution in [2.24, 2.45) is 5.92 Å². The van der Waals surface area contributed by atoms with Crippen LogP contribution >= 0.6 is 0 Å². The molecular weight excluding hydrogens is 476 g/mol. The van der Waals surface area contributed by atoms with Gasteiger partial charge in [0, 0.05) is 47.9 Å². The van der Waals surface area contributed by atoms with Crippen LogP contribution < -0.4 is 0 Å². The highest BCUT2D eigenvalue weighted by Crippen LogP contribution is 2.47. The van der Waals surface area contributed by atoms with Crippen molar-refractivity contribution >= 4 is 19.2 Å². The number of hydrogen-bond acceptors (Lipinski definition) is 4. The number of benzene rings is 1. The first-order valence-electron chi connectivity index (χ1n) is 14.4. The van der Waals surface area contributed by atoms with Crippen molar-refractivity contribution in [2.75, 3.05) is 20.2 Å². The van der Waals surface area contributed by atoms with Crippen molar-refractivity contribution in [3.05, 3.63) is 47.2 Å². The lowest BCUT2D eigenvalue weighted by molar-refractivity contribution is -0.253. The molecule has 0 radical (unpaired) electrons. The van der Waals surface area contributed by atoms with E-state index in [0.717, 1.165) is 25.8 Å². The van der Waals surface area contributed by atoms with Crippen molar-refractivity contribution < 1.29 is 13.9 Å². The van der Waals surface area contributed by atoms with Gasteiger partial charge in [0.05, 0.1) is 12.7 Å². The third-order valence-corrected chi connectivity index (χ3v) is 14.4. The molecule has 1 aliphatic carbocycles. The Balaban J connectivity index is 1.42. The molecule has 5 nitrogen and oxygen atoms in total. The van der Waals surface area contributed by atoms with Crippen LogP contribution in [0.2, 0.25) is 18.1 Å². The van der Waals surface area contributed by atoms with Gasteiger partial charge in [0.1, 0.15) is 6.10 Å². The Hall–Kier alpha value is -1.44. The van der Waals surface area contributed by atoms with Crippen LogP contribution in [0.15, 0.2) is 36.0 Å². The zero-order chi connectivity index (χ0) is 26.8. The van der Waals surface area contributed by atoms with Crippen LogP contribution in [0, 0.1) is 5.92 Å². The molecule has 6 unspecified atom stereocenters. The molecule has 1 saturated heterocycles. The van der Waals surface area contributed by atoms with Crippen molar-refractivity contribution in [1.82, 2.24) is 9.88 Å².